The Morgan fingerprint density at radius 2 is 1.89 bits per heavy atom. The van der Waals surface area contributed by atoms with Gasteiger partial charge in [0.25, 0.3) is 0 Å². The van der Waals surface area contributed by atoms with Crippen molar-refractivity contribution in [3.63, 3.8) is 0 Å². The molecule has 110 valence electrons. The van der Waals surface area contributed by atoms with Crippen molar-refractivity contribution >= 4 is 11.9 Å². The predicted octanol–water partition coefficient (Wildman–Crippen LogP) is -2.54. The quantitative estimate of drug-likeness (QED) is 0.400. The van der Waals surface area contributed by atoms with E-state index in [9.17, 15) is 19.8 Å². The van der Waals surface area contributed by atoms with Crippen molar-refractivity contribution < 1.29 is 44.2 Å². The van der Waals surface area contributed by atoms with Gasteiger partial charge in [-0.3, -0.25) is 4.79 Å². The zero-order chi connectivity index (χ0) is 14.6. The number of carboxylic acids is 1. The summed E-state index contributed by atoms with van der Waals surface area (Å²) in [6.45, 7) is -0.285. The summed E-state index contributed by atoms with van der Waals surface area (Å²) >= 11 is 0. The molecule has 1 aliphatic heterocycles. The number of hydrogen-bond acceptors (Lipinski definition) is 8. The fourth-order valence-electron chi connectivity index (χ4n) is 1.66. The first-order chi connectivity index (χ1) is 8.86. The standard InChI is InChI=1S/C10H16O9/c1-4(12)18-9-8(16)7(15)5(2-11)19-10(9)17-3-6(13)14/h5,7-11,15-16H,2-3H2,1H3,(H,13,14)/t5-,7-,8+,9-,10+/m1/s1. The first-order valence-corrected chi connectivity index (χ1v) is 5.50. The maximum Gasteiger partial charge on any atom is 0.329 e. The normalized spacial score (nSPS) is 34.8. The molecule has 1 heterocycles. The Bertz CT molecular complexity index is 331. The molecule has 0 aromatic carbocycles. The van der Waals surface area contributed by atoms with Crippen LogP contribution in [-0.4, -0.2) is 76.3 Å². The van der Waals surface area contributed by atoms with Gasteiger partial charge in [0.05, 0.1) is 6.61 Å². The van der Waals surface area contributed by atoms with Crippen LogP contribution in [0.5, 0.6) is 0 Å². The van der Waals surface area contributed by atoms with Crippen molar-refractivity contribution in [1.82, 2.24) is 0 Å². The van der Waals surface area contributed by atoms with E-state index in [1.54, 1.807) is 0 Å². The highest BCUT2D eigenvalue weighted by Gasteiger charge is 2.47. The summed E-state index contributed by atoms with van der Waals surface area (Å²) in [7, 11) is 0. The van der Waals surface area contributed by atoms with Gasteiger partial charge in [0.15, 0.2) is 12.4 Å². The van der Waals surface area contributed by atoms with Gasteiger partial charge in [-0.05, 0) is 0 Å². The second-order valence-corrected chi connectivity index (χ2v) is 3.99. The minimum absolute atomic E-state index is 0.613. The van der Waals surface area contributed by atoms with Crippen LogP contribution in [0.25, 0.3) is 0 Å². The fourth-order valence-corrected chi connectivity index (χ4v) is 1.66. The molecule has 1 rings (SSSR count). The van der Waals surface area contributed by atoms with E-state index in [-0.39, 0.29) is 0 Å². The lowest BCUT2D eigenvalue weighted by Crippen LogP contribution is -2.60. The number of aliphatic hydroxyl groups is 3. The molecule has 0 amide bonds. The number of rotatable bonds is 5. The highest BCUT2D eigenvalue weighted by molar-refractivity contribution is 5.68. The van der Waals surface area contributed by atoms with Crippen molar-refractivity contribution in [2.75, 3.05) is 13.2 Å². The third-order valence-corrected chi connectivity index (χ3v) is 2.50. The van der Waals surface area contributed by atoms with E-state index in [0.29, 0.717) is 0 Å². The SMILES string of the molecule is CC(=O)O[C@H]1[C@@H](OCC(=O)O)O[C@H](CO)[C@@H](O)[C@@H]1O. The lowest BCUT2D eigenvalue weighted by atomic mass is 9.99. The lowest BCUT2D eigenvalue weighted by Gasteiger charge is -2.40. The Labute approximate surface area is 108 Å². The van der Waals surface area contributed by atoms with E-state index >= 15 is 0 Å². The minimum atomic E-state index is -1.56. The number of carboxylic acid groups (broad SMARTS) is 1. The molecule has 1 fully saturated rings. The average Bonchev–Trinajstić information content (AvgIpc) is 2.33. The van der Waals surface area contributed by atoms with E-state index in [2.05, 4.69) is 0 Å². The van der Waals surface area contributed by atoms with Gasteiger partial charge in [-0.2, -0.15) is 0 Å². The van der Waals surface area contributed by atoms with E-state index in [1.165, 1.54) is 0 Å². The molecule has 0 aromatic rings. The Morgan fingerprint density at radius 1 is 1.26 bits per heavy atom. The largest absolute Gasteiger partial charge is 0.480 e. The molecule has 0 unspecified atom stereocenters. The number of carbonyl (C=O) groups excluding carboxylic acids is 1. The molecule has 0 spiro atoms. The van der Waals surface area contributed by atoms with Gasteiger partial charge >= 0.3 is 11.9 Å². The minimum Gasteiger partial charge on any atom is -0.480 e. The third-order valence-electron chi connectivity index (χ3n) is 2.50. The Balaban J connectivity index is 2.79. The van der Waals surface area contributed by atoms with Crippen LogP contribution in [0.2, 0.25) is 0 Å². The van der Waals surface area contributed by atoms with Crippen LogP contribution in [0.4, 0.5) is 0 Å². The van der Waals surface area contributed by atoms with Crippen LogP contribution < -0.4 is 0 Å². The number of aliphatic hydroxyl groups excluding tert-OH is 3. The van der Waals surface area contributed by atoms with Gasteiger partial charge < -0.3 is 34.6 Å². The Morgan fingerprint density at radius 3 is 2.37 bits per heavy atom. The molecule has 0 bridgehead atoms. The lowest BCUT2D eigenvalue weighted by molar-refractivity contribution is -0.302. The summed E-state index contributed by atoms with van der Waals surface area (Å²) in [5.41, 5.74) is 0. The van der Waals surface area contributed by atoms with Crippen molar-refractivity contribution in [1.29, 1.82) is 0 Å². The van der Waals surface area contributed by atoms with Crippen molar-refractivity contribution in [3.8, 4) is 0 Å². The number of hydrogen-bond donors (Lipinski definition) is 4. The van der Waals surface area contributed by atoms with Gasteiger partial charge in [0.1, 0.15) is 24.9 Å². The summed E-state index contributed by atoms with van der Waals surface area (Å²) in [6.07, 6.45) is -6.99. The van der Waals surface area contributed by atoms with Gasteiger partial charge in [0, 0.05) is 6.92 Å². The van der Waals surface area contributed by atoms with E-state index < -0.39 is 55.9 Å². The molecular weight excluding hydrogens is 264 g/mol. The smallest absolute Gasteiger partial charge is 0.329 e. The Hall–Kier alpha value is -1.26. The van der Waals surface area contributed by atoms with Crippen molar-refractivity contribution in [3.05, 3.63) is 0 Å². The summed E-state index contributed by atoms with van der Waals surface area (Å²) in [5.74, 6) is -2.04. The van der Waals surface area contributed by atoms with Crippen LogP contribution in [0.1, 0.15) is 6.92 Å². The molecule has 9 nitrogen and oxygen atoms in total. The van der Waals surface area contributed by atoms with E-state index in [4.69, 9.17) is 24.4 Å². The number of carbonyl (C=O) groups is 2. The highest BCUT2D eigenvalue weighted by atomic mass is 16.7. The molecule has 0 radical (unpaired) electrons. The molecule has 0 saturated carbocycles. The summed E-state index contributed by atoms with van der Waals surface area (Å²) in [5, 5.41) is 36.9. The first kappa shape index (κ1) is 15.8. The number of ether oxygens (including phenoxy) is 3. The van der Waals surface area contributed by atoms with Crippen LogP contribution >= 0.6 is 0 Å². The van der Waals surface area contributed by atoms with Crippen molar-refractivity contribution in [2.45, 2.75) is 37.6 Å². The zero-order valence-corrected chi connectivity index (χ0v) is 10.1. The van der Waals surface area contributed by atoms with Crippen molar-refractivity contribution in [2.24, 2.45) is 0 Å². The van der Waals surface area contributed by atoms with Gasteiger partial charge in [-0.1, -0.05) is 0 Å². The number of esters is 1. The van der Waals surface area contributed by atoms with Crippen LogP contribution in [0.3, 0.4) is 0 Å². The molecule has 9 heteroatoms. The number of aliphatic carboxylic acids is 1. The molecular formula is C10H16O9. The van der Waals surface area contributed by atoms with E-state index in [1.807, 2.05) is 0 Å². The molecule has 4 N–H and O–H groups in total. The molecule has 0 aliphatic carbocycles. The average molecular weight is 280 g/mol. The monoisotopic (exact) mass is 280 g/mol. The summed E-state index contributed by atoms with van der Waals surface area (Å²) < 4.78 is 14.6. The van der Waals surface area contributed by atoms with Gasteiger partial charge in [-0.25, -0.2) is 4.79 Å². The van der Waals surface area contributed by atoms with Crippen LogP contribution in [0, 0.1) is 0 Å². The van der Waals surface area contributed by atoms with Crippen LogP contribution in [-0.2, 0) is 23.8 Å². The van der Waals surface area contributed by atoms with Gasteiger partial charge in [-0.15, -0.1) is 0 Å². The molecule has 1 aliphatic rings. The predicted molar refractivity (Wildman–Crippen MR) is 56.9 cm³/mol. The highest BCUT2D eigenvalue weighted by Crippen LogP contribution is 2.24. The Kier molecular flexibility index (Phi) is 5.63. The maximum absolute atomic E-state index is 10.9. The second kappa shape index (κ2) is 6.78. The summed E-state index contributed by atoms with van der Waals surface area (Å²) in [6, 6.07) is 0. The second-order valence-electron chi connectivity index (χ2n) is 3.99. The molecule has 19 heavy (non-hydrogen) atoms. The third kappa shape index (κ3) is 4.11. The summed E-state index contributed by atoms with van der Waals surface area (Å²) in [4.78, 5) is 21.3. The zero-order valence-electron chi connectivity index (χ0n) is 10.1. The van der Waals surface area contributed by atoms with Crippen LogP contribution in [0.15, 0.2) is 0 Å². The van der Waals surface area contributed by atoms with E-state index in [0.717, 1.165) is 6.92 Å². The van der Waals surface area contributed by atoms with Gasteiger partial charge in [0.2, 0.25) is 0 Å². The molecule has 5 atom stereocenters. The molecule has 0 aromatic heterocycles. The topological polar surface area (TPSA) is 143 Å². The first-order valence-electron chi connectivity index (χ1n) is 5.50. The molecule has 1 saturated heterocycles. The maximum atomic E-state index is 10.9. The fraction of sp³-hybridized carbons (Fsp3) is 0.800.